The first-order chi connectivity index (χ1) is 10.8. The van der Waals surface area contributed by atoms with Crippen molar-refractivity contribution in [1.82, 2.24) is 5.01 Å². The maximum absolute atomic E-state index is 12.1. The Labute approximate surface area is 153 Å². The highest BCUT2D eigenvalue weighted by molar-refractivity contribution is 8.26. The number of aromatic hydroxyl groups is 1. The summed E-state index contributed by atoms with van der Waals surface area (Å²) < 4.78 is 0.345. The van der Waals surface area contributed by atoms with Gasteiger partial charge in [0.2, 0.25) is 0 Å². The lowest BCUT2D eigenvalue weighted by Gasteiger charge is -2.28. The summed E-state index contributed by atoms with van der Waals surface area (Å²) in [5.41, 5.74) is 2.12. The van der Waals surface area contributed by atoms with Gasteiger partial charge in [0.1, 0.15) is 5.75 Å². The van der Waals surface area contributed by atoms with Crippen LogP contribution in [-0.2, 0) is 15.6 Å². The molecular weight excluding hydrogens is 340 g/mol. The van der Waals surface area contributed by atoms with Crippen LogP contribution in [0.1, 0.15) is 58.2 Å². The lowest BCUT2D eigenvalue weighted by molar-refractivity contribution is -0.122. The van der Waals surface area contributed by atoms with Crippen LogP contribution in [-0.4, -0.2) is 20.3 Å². The van der Waals surface area contributed by atoms with Crippen molar-refractivity contribution in [2.45, 2.75) is 52.4 Å². The fraction of sp³-hybridized carbons (Fsp3) is 0.444. The first-order valence-corrected chi connectivity index (χ1v) is 8.95. The smallest absolute Gasteiger partial charge is 0.280 e. The molecule has 1 aromatic rings. The van der Waals surface area contributed by atoms with E-state index in [1.165, 1.54) is 11.8 Å². The van der Waals surface area contributed by atoms with Crippen molar-refractivity contribution in [1.29, 1.82) is 0 Å². The molecule has 1 aromatic carbocycles. The second-order valence-corrected chi connectivity index (χ2v) is 9.69. The Morgan fingerprint density at radius 2 is 1.58 bits per heavy atom. The van der Waals surface area contributed by atoms with Crippen molar-refractivity contribution in [3.63, 3.8) is 0 Å². The van der Waals surface area contributed by atoms with E-state index in [0.29, 0.717) is 15.0 Å². The number of hydrazine groups is 1. The summed E-state index contributed by atoms with van der Waals surface area (Å²) in [7, 11) is 0. The molecule has 1 aliphatic heterocycles. The van der Waals surface area contributed by atoms with Gasteiger partial charge in [0.15, 0.2) is 4.32 Å². The third-order valence-corrected chi connectivity index (χ3v) is 5.20. The topological polar surface area (TPSA) is 66.6 Å². The monoisotopic (exact) mass is 364 g/mol. The molecule has 130 valence electrons. The van der Waals surface area contributed by atoms with Gasteiger partial charge >= 0.3 is 0 Å². The molecule has 1 amide bonds. The molecule has 0 aromatic heterocycles. The number of hydrogen-bond donors (Lipinski definition) is 2. The van der Waals surface area contributed by atoms with Crippen molar-refractivity contribution >= 4 is 40.3 Å². The number of carbonyl (C=O) groups excluding carboxylic acids is 1. The molecule has 6 heteroatoms. The zero-order valence-corrected chi connectivity index (χ0v) is 16.6. The number of phenolic OH excluding ortho intramolecular Hbond substituents is 1. The standard InChI is InChI=1S/C18H24N2O2S2/c1-17(2,3)11-7-10(8-12(14(11)21)18(4,5)6)9-13-15(22)20(19)16(23)24-13/h7-9,21H,19H2,1-6H3/b13-9+. The Bertz CT molecular complexity index is 705. The summed E-state index contributed by atoms with van der Waals surface area (Å²) in [6.45, 7) is 12.3. The molecule has 24 heavy (non-hydrogen) atoms. The molecule has 0 atom stereocenters. The zero-order valence-electron chi connectivity index (χ0n) is 14.9. The van der Waals surface area contributed by atoms with Crippen molar-refractivity contribution < 1.29 is 9.90 Å². The third kappa shape index (κ3) is 3.66. The average Bonchev–Trinajstić information content (AvgIpc) is 2.65. The zero-order chi connectivity index (χ0) is 18.4. The highest BCUT2D eigenvalue weighted by Crippen LogP contribution is 2.41. The van der Waals surface area contributed by atoms with Gasteiger partial charge in [-0.15, -0.1) is 0 Å². The fourth-order valence-electron chi connectivity index (χ4n) is 2.51. The molecule has 1 fully saturated rings. The third-order valence-electron chi connectivity index (χ3n) is 3.87. The number of nitrogens with two attached hydrogens (primary N) is 1. The van der Waals surface area contributed by atoms with Crippen molar-refractivity contribution in [3.8, 4) is 5.75 Å². The molecule has 0 unspecified atom stereocenters. The van der Waals surface area contributed by atoms with E-state index in [0.717, 1.165) is 21.7 Å². The van der Waals surface area contributed by atoms with Gasteiger partial charge in [0.05, 0.1) is 4.91 Å². The summed E-state index contributed by atoms with van der Waals surface area (Å²) in [5.74, 6) is 5.65. The van der Waals surface area contributed by atoms with Crippen LogP contribution in [0.25, 0.3) is 6.08 Å². The number of thioether (sulfide) groups is 1. The van der Waals surface area contributed by atoms with E-state index in [1.54, 1.807) is 6.08 Å². The van der Waals surface area contributed by atoms with Crippen LogP contribution in [0, 0.1) is 0 Å². The molecule has 0 spiro atoms. The van der Waals surface area contributed by atoms with Gasteiger partial charge in [-0.1, -0.05) is 65.5 Å². The second-order valence-electron chi connectivity index (χ2n) is 8.02. The number of nitrogens with zero attached hydrogens (tertiary/aromatic N) is 1. The Hall–Kier alpha value is -1.37. The fourth-order valence-corrected chi connectivity index (χ4v) is 3.62. The summed E-state index contributed by atoms with van der Waals surface area (Å²) >= 11 is 6.25. The quantitative estimate of drug-likeness (QED) is 0.340. The summed E-state index contributed by atoms with van der Waals surface area (Å²) in [6.07, 6.45) is 1.79. The molecular formula is C18H24N2O2S2. The first kappa shape index (κ1) is 19.0. The van der Waals surface area contributed by atoms with Gasteiger partial charge in [-0.3, -0.25) is 4.79 Å². The predicted molar refractivity (Wildman–Crippen MR) is 105 cm³/mol. The van der Waals surface area contributed by atoms with Gasteiger partial charge in [-0.2, -0.15) is 0 Å². The Kier molecular flexibility index (Phi) is 4.87. The molecule has 0 aliphatic carbocycles. The van der Waals surface area contributed by atoms with Crippen LogP contribution in [0.15, 0.2) is 17.0 Å². The van der Waals surface area contributed by atoms with Crippen molar-refractivity contribution in [2.75, 3.05) is 0 Å². The maximum atomic E-state index is 12.1. The highest BCUT2D eigenvalue weighted by Gasteiger charge is 2.31. The van der Waals surface area contributed by atoms with Crippen LogP contribution in [0.2, 0.25) is 0 Å². The second kappa shape index (κ2) is 6.17. The molecule has 3 N–H and O–H groups in total. The minimum atomic E-state index is -0.298. The number of carbonyl (C=O) groups is 1. The van der Waals surface area contributed by atoms with Crippen LogP contribution in [0.5, 0.6) is 5.75 Å². The van der Waals surface area contributed by atoms with E-state index in [2.05, 4.69) is 41.5 Å². The van der Waals surface area contributed by atoms with E-state index >= 15 is 0 Å². The number of thiocarbonyl (C=S) groups is 1. The minimum Gasteiger partial charge on any atom is -0.507 e. The lowest BCUT2D eigenvalue weighted by atomic mass is 9.78. The summed E-state index contributed by atoms with van der Waals surface area (Å²) in [6, 6.07) is 3.85. The van der Waals surface area contributed by atoms with E-state index in [1.807, 2.05) is 12.1 Å². The van der Waals surface area contributed by atoms with E-state index < -0.39 is 0 Å². The van der Waals surface area contributed by atoms with Gasteiger partial charge in [0, 0.05) is 11.1 Å². The first-order valence-electron chi connectivity index (χ1n) is 7.73. The van der Waals surface area contributed by atoms with Gasteiger partial charge in [0.25, 0.3) is 5.91 Å². The van der Waals surface area contributed by atoms with E-state index in [-0.39, 0.29) is 16.7 Å². The molecule has 0 bridgehead atoms. The largest absolute Gasteiger partial charge is 0.507 e. The molecule has 4 nitrogen and oxygen atoms in total. The summed E-state index contributed by atoms with van der Waals surface area (Å²) in [4.78, 5) is 12.6. The lowest BCUT2D eigenvalue weighted by Crippen LogP contribution is -2.34. The molecule has 0 radical (unpaired) electrons. The number of benzene rings is 1. The molecule has 1 aliphatic rings. The van der Waals surface area contributed by atoms with Gasteiger partial charge in [-0.25, -0.2) is 10.9 Å². The van der Waals surface area contributed by atoms with Crippen molar-refractivity contribution in [3.05, 3.63) is 33.7 Å². The number of hydrogen-bond acceptors (Lipinski definition) is 5. The molecule has 0 saturated carbocycles. The molecule has 2 rings (SSSR count). The predicted octanol–water partition coefficient (Wildman–Crippen LogP) is 4.06. The van der Waals surface area contributed by atoms with Crippen LogP contribution in [0.4, 0.5) is 0 Å². The van der Waals surface area contributed by atoms with Crippen LogP contribution in [0.3, 0.4) is 0 Å². The van der Waals surface area contributed by atoms with Gasteiger partial charge in [-0.05, 0) is 34.6 Å². The van der Waals surface area contributed by atoms with Crippen LogP contribution >= 0.6 is 24.0 Å². The van der Waals surface area contributed by atoms with E-state index in [9.17, 15) is 9.90 Å². The van der Waals surface area contributed by atoms with E-state index in [4.69, 9.17) is 18.1 Å². The normalized spacial score (nSPS) is 18.0. The number of rotatable bonds is 1. The van der Waals surface area contributed by atoms with Gasteiger partial charge < -0.3 is 5.11 Å². The Balaban J connectivity index is 2.64. The van der Waals surface area contributed by atoms with Crippen LogP contribution < -0.4 is 5.84 Å². The van der Waals surface area contributed by atoms with Crippen molar-refractivity contribution in [2.24, 2.45) is 5.84 Å². The summed E-state index contributed by atoms with van der Waals surface area (Å²) in [5, 5.41) is 11.7. The average molecular weight is 365 g/mol. The number of amides is 1. The molecule has 1 heterocycles. The Morgan fingerprint density at radius 1 is 1.12 bits per heavy atom. The Morgan fingerprint density at radius 3 is 1.92 bits per heavy atom. The SMILES string of the molecule is CC(C)(C)c1cc(/C=C2/SC(=S)N(N)C2=O)cc(C(C)(C)C)c1O. The highest BCUT2D eigenvalue weighted by atomic mass is 32.2. The number of phenols is 1. The molecule has 1 saturated heterocycles. The minimum absolute atomic E-state index is 0.222. The maximum Gasteiger partial charge on any atom is 0.280 e.